The number of aliphatic hydroxyl groups is 1. The number of hydrogen-bond acceptors (Lipinski definition) is 4. The van der Waals surface area contributed by atoms with Crippen LogP contribution in [0.4, 0.5) is 8.78 Å². The van der Waals surface area contributed by atoms with Crippen molar-refractivity contribution in [1.82, 2.24) is 5.32 Å². The standard InChI is InChI=1S/C10H15F2NO2S/c11-10(12)5-13-4-8(14)6-15-7-9-2-1-3-16-9/h1-3,8,10,13-14H,4-7H2. The first kappa shape index (κ1) is 13.5. The summed E-state index contributed by atoms with van der Waals surface area (Å²) in [6.45, 7) is 0.314. The molecule has 0 aliphatic heterocycles. The summed E-state index contributed by atoms with van der Waals surface area (Å²) in [5.41, 5.74) is 0. The molecule has 1 aromatic rings. The Balaban J connectivity index is 2.00. The summed E-state index contributed by atoms with van der Waals surface area (Å²) in [6, 6.07) is 3.86. The van der Waals surface area contributed by atoms with Crippen LogP contribution in [0.5, 0.6) is 0 Å². The lowest BCUT2D eigenvalue weighted by molar-refractivity contribution is 0.0276. The highest BCUT2D eigenvalue weighted by atomic mass is 32.1. The van der Waals surface area contributed by atoms with E-state index in [9.17, 15) is 13.9 Å². The van der Waals surface area contributed by atoms with Crippen LogP contribution in [0.2, 0.25) is 0 Å². The summed E-state index contributed by atoms with van der Waals surface area (Å²) in [5.74, 6) is 0. The van der Waals surface area contributed by atoms with Gasteiger partial charge in [0.05, 0.1) is 25.9 Å². The van der Waals surface area contributed by atoms with Crippen molar-refractivity contribution in [2.24, 2.45) is 0 Å². The van der Waals surface area contributed by atoms with Crippen LogP contribution >= 0.6 is 11.3 Å². The zero-order valence-electron chi connectivity index (χ0n) is 8.73. The van der Waals surface area contributed by atoms with Gasteiger partial charge in [-0.15, -0.1) is 11.3 Å². The van der Waals surface area contributed by atoms with Crippen LogP contribution in [0.25, 0.3) is 0 Å². The number of hydrogen-bond donors (Lipinski definition) is 2. The maximum atomic E-state index is 11.7. The predicted octanol–water partition coefficient (Wildman–Crippen LogP) is 1.48. The molecule has 92 valence electrons. The van der Waals surface area contributed by atoms with E-state index in [0.717, 1.165) is 4.88 Å². The third-order valence-electron chi connectivity index (χ3n) is 1.81. The fourth-order valence-corrected chi connectivity index (χ4v) is 1.75. The summed E-state index contributed by atoms with van der Waals surface area (Å²) in [6.07, 6.45) is -3.14. The molecule has 2 N–H and O–H groups in total. The van der Waals surface area contributed by atoms with Gasteiger partial charge in [-0.05, 0) is 11.4 Å². The zero-order chi connectivity index (χ0) is 11.8. The van der Waals surface area contributed by atoms with E-state index in [4.69, 9.17) is 4.74 Å². The molecule has 0 saturated heterocycles. The molecule has 0 spiro atoms. The summed E-state index contributed by atoms with van der Waals surface area (Å²) < 4.78 is 28.7. The average molecular weight is 251 g/mol. The van der Waals surface area contributed by atoms with Crippen molar-refractivity contribution in [2.45, 2.75) is 19.1 Å². The van der Waals surface area contributed by atoms with Gasteiger partial charge in [-0.25, -0.2) is 8.78 Å². The van der Waals surface area contributed by atoms with E-state index in [1.54, 1.807) is 11.3 Å². The second kappa shape index (κ2) is 7.67. The van der Waals surface area contributed by atoms with Gasteiger partial charge in [-0.2, -0.15) is 0 Å². The van der Waals surface area contributed by atoms with Gasteiger partial charge in [0.15, 0.2) is 0 Å². The molecule has 1 atom stereocenters. The number of halogens is 2. The molecular weight excluding hydrogens is 236 g/mol. The third kappa shape index (κ3) is 6.12. The maximum absolute atomic E-state index is 11.7. The Bertz CT molecular complexity index is 270. The van der Waals surface area contributed by atoms with Crippen molar-refractivity contribution in [1.29, 1.82) is 0 Å². The van der Waals surface area contributed by atoms with Crippen molar-refractivity contribution >= 4 is 11.3 Å². The van der Waals surface area contributed by atoms with E-state index in [-0.39, 0.29) is 13.2 Å². The van der Waals surface area contributed by atoms with Gasteiger partial charge in [-0.1, -0.05) is 6.07 Å². The minimum absolute atomic E-state index is 0.120. The van der Waals surface area contributed by atoms with Gasteiger partial charge >= 0.3 is 0 Å². The molecule has 6 heteroatoms. The highest BCUT2D eigenvalue weighted by molar-refractivity contribution is 7.09. The third-order valence-corrected chi connectivity index (χ3v) is 2.66. The van der Waals surface area contributed by atoms with E-state index < -0.39 is 19.1 Å². The zero-order valence-corrected chi connectivity index (χ0v) is 9.55. The van der Waals surface area contributed by atoms with E-state index in [0.29, 0.717) is 6.61 Å². The lowest BCUT2D eigenvalue weighted by Crippen LogP contribution is -2.33. The lowest BCUT2D eigenvalue weighted by Gasteiger charge is -2.11. The van der Waals surface area contributed by atoms with Crippen LogP contribution < -0.4 is 5.32 Å². The molecular formula is C10H15F2NO2S. The first-order valence-corrected chi connectivity index (χ1v) is 5.83. The van der Waals surface area contributed by atoms with Crippen LogP contribution in [0, 0.1) is 0 Å². The summed E-state index contributed by atoms with van der Waals surface area (Å²) >= 11 is 1.57. The lowest BCUT2D eigenvalue weighted by atomic mass is 10.4. The van der Waals surface area contributed by atoms with E-state index in [1.165, 1.54) is 0 Å². The quantitative estimate of drug-likeness (QED) is 0.735. The van der Waals surface area contributed by atoms with Gasteiger partial charge in [0.2, 0.25) is 0 Å². The average Bonchev–Trinajstić information content (AvgIpc) is 2.70. The molecule has 0 bridgehead atoms. The van der Waals surface area contributed by atoms with Crippen LogP contribution in [-0.2, 0) is 11.3 Å². The topological polar surface area (TPSA) is 41.5 Å². The Morgan fingerprint density at radius 3 is 2.88 bits per heavy atom. The summed E-state index contributed by atoms with van der Waals surface area (Å²) in [5, 5.41) is 13.8. The predicted molar refractivity (Wildman–Crippen MR) is 58.9 cm³/mol. The molecule has 3 nitrogen and oxygen atoms in total. The maximum Gasteiger partial charge on any atom is 0.250 e. The second-order valence-corrected chi connectivity index (χ2v) is 4.33. The van der Waals surface area contributed by atoms with Crippen molar-refractivity contribution in [3.63, 3.8) is 0 Å². The van der Waals surface area contributed by atoms with Crippen LogP contribution in [0.1, 0.15) is 4.88 Å². The smallest absolute Gasteiger partial charge is 0.250 e. The Morgan fingerprint density at radius 2 is 2.25 bits per heavy atom. The molecule has 16 heavy (non-hydrogen) atoms. The first-order chi connectivity index (χ1) is 7.68. The number of alkyl halides is 2. The van der Waals surface area contributed by atoms with Crippen LogP contribution in [0.15, 0.2) is 17.5 Å². The Hall–Kier alpha value is -0.560. The van der Waals surface area contributed by atoms with Gasteiger partial charge in [-0.3, -0.25) is 0 Å². The first-order valence-electron chi connectivity index (χ1n) is 4.95. The number of thiophene rings is 1. The summed E-state index contributed by atoms with van der Waals surface area (Å²) in [4.78, 5) is 1.08. The molecule has 1 rings (SSSR count). The molecule has 0 aromatic carbocycles. The minimum atomic E-state index is -2.39. The Kier molecular flexibility index (Phi) is 6.47. The van der Waals surface area contributed by atoms with E-state index in [1.807, 2.05) is 17.5 Å². The van der Waals surface area contributed by atoms with Gasteiger partial charge in [0, 0.05) is 11.4 Å². The van der Waals surface area contributed by atoms with E-state index >= 15 is 0 Å². The highest BCUT2D eigenvalue weighted by Gasteiger charge is 2.06. The Morgan fingerprint density at radius 1 is 1.44 bits per heavy atom. The van der Waals surface area contributed by atoms with E-state index in [2.05, 4.69) is 5.32 Å². The monoisotopic (exact) mass is 251 g/mol. The highest BCUT2D eigenvalue weighted by Crippen LogP contribution is 2.09. The molecule has 1 heterocycles. The van der Waals surface area contributed by atoms with Crippen molar-refractivity contribution in [2.75, 3.05) is 19.7 Å². The van der Waals surface area contributed by atoms with Crippen molar-refractivity contribution in [3.8, 4) is 0 Å². The fourth-order valence-electron chi connectivity index (χ4n) is 1.11. The van der Waals surface area contributed by atoms with Crippen molar-refractivity contribution < 1.29 is 18.6 Å². The number of nitrogens with one attached hydrogen (secondary N) is 1. The number of ether oxygens (including phenoxy) is 1. The van der Waals surface area contributed by atoms with Crippen molar-refractivity contribution in [3.05, 3.63) is 22.4 Å². The van der Waals surface area contributed by atoms with Gasteiger partial charge < -0.3 is 15.2 Å². The van der Waals surface area contributed by atoms with Gasteiger partial charge in [0.1, 0.15) is 0 Å². The molecule has 1 aromatic heterocycles. The molecule has 0 amide bonds. The number of aliphatic hydroxyl groups excluding tert-OH is 1. The number of rotatable bonds is 8. The Labute approximate surface area is 97.1 Å². The molecule has 0 radical (unpaired) electrons. The molecule has 0 aliphatic carbocycles. The molecule has 0 fully saturated rings. The molecule has 1 unspecified atom stereocenters. The second-order valence-electron chi connectivity index (χ2n) is 3.30. The minimum Gasteiger partial charge on any atom is -0.389 e. The van der Waals surface area contributed by atoms with Crippen LogP contribution in [-0.4, -0.2) is 37.3 Å². The largest absolute Gasteiger partial charge is 0.389 e. The molecule has 0 saturated carbocycles. The normalized spacial score (nSPS) is 13.2. The van der Waals surface area contributed by atoms with Crippen LogP contribution in [0.3, 0.4) is 0 Å². The fraction of sp³-hybridized carbons (Fsp3) is 0.600. The molecule has 0 aliphatic rings. The summed E-state index contributed by atoms with van der Waals surface area (Å²) in [7, 11) is 0. The SMILES string of the molecule is OC(CNCC(F)F)COCc1cccs1. The van der Waals surface area contributed by atoms with Gasteiger partial charge in [0.25, 0.3) is 6.43 Å².